The predicted molar refractivity (Wildman–Crippen MR) is 77.1 cm³/mol. The zero-order valence-corrected chi connectivity index (χ0v) is 12.5. The highest BCUT2D eigenvalue weighted by Crippen LogP contribution is 2.27. The molecule has 0 unspecified atom stereocenters. The maximum absolute atomic E-state index is 11.8. The number of ether oxygens (including phenoxy) is 1. The summed E-state index contributed by atoms with van der Waals surface area (Å²) in [5.41, 5.74) is 0.306. The summed E-state index contributed by atoms with van der Waals surface area (Å²) in [6.07, 6.45) is 3.18. The van der Waals surface area contributed by atoms with Gasteiger partial charge in [-0.3, -0.25) is 4.79 Å². The van der Waals surface area contributed by atoms with Crippen molar-refractivity contribution >= 4 is 21.6 Å². The van der Waals surface area contributed by atoms with Crippen LogP contribution in [0, 0.1) is 0 Å². The normalized spacial score (nSPS) is 11.2. The Bertz CT molecular complexity index is 570. The molecule has 0 aromatic heterocycles. The van der Waals surface area contributed by atoms with Gasteiger partial charge in [-0.25, -0.2) is 13.6 Å². The van der Waals surface area contributed by atoms with E-state index in [1.807, 2.05) is 0 Å². The smallest absolute Gasteiger partial charge is 0.238 e. The topological polar surface area (TPSA) is 98.5 Å². The van der Waals surface area contributed by atoms with Gasteiger partial charge in [0.25, 0.3) is 0 Å². The van der Waals surface area contributed by atoms with Crippen molar-refractivity contribution in [3.8, 4) is 5.75 Å². The lowest BCUT2D eigenvalue weighted by atomic mass is 10.2. The molecule has 0 saturated heterocycles. The van der Waals surface area contributed by atoms with E-state index in [0.29, 0.717) is 17.9 Å². The van der Waals surface area contributed by atoms with Crippen LogP contribution in [-0.2, 0) is 14.8 Å². The number of nitrogens with one attached hydrogen (secondary N) is 1. The first-order valence-corrected chi connectivity index (χ1v) is 7.93. The van der Waals surface area contributed by atoms with Crippen LogP contribution in [0.4, 0.5) is 5.69 Å². The van der Waals surface area contributed by atoms with Crippen LogP contribution in [0.25, 0.3) is 0 Å². The first kappa shape index (κ1) is 16.5. The molecule has 0 bridgehead atoms. The Morgan fingerprint density at radius 1 is 1.35 bits per heavy atom. The minimum atomic E-state index is -3.81. The van der Waals surface area contributed by atoms with Gasteiger partial charge < -0.3 is 10.1 Å². The third-order valence-electron chi connectivity index (χ3n) is 2.78. The van der Waals surface area contributed by atoms with Crippen LogP contribution >= 0.6 is 0 Å². The summed E-state index contributed by atoms with van der Waals surface area (Å²) in [7, 11) is -2.37. The van der Waals surface area contributed by atoms with E-state index >= 15 is 0 Å². The Hall–Kier alpha value is -1.60. The third-order valence-corrected chi connectivity index (χ3v) is 3.69. The number of primary sulfonamides is 1. The van der Waals surface area contributed by atoms with Gasteiger partial charge in [-0.1, -0.05) is 19.8 Å². The fourth-order valence-electron chi connectivity index (χ4n) is 1.71. The first-order chi connectivity index (χ1) is 9.38. The fourth-order valence-corrected chi connectivity index (χ4v) is 2.25. The molecule has 0 atom stereocenters. The maximum atomic E-state index is 11.8. The van der Waals surface area contributed by atoms with Crippen molar-refractivity contribution in [3.63, 3.8) is 0 Å². The fraction of sp³-hybridized carbons (Fsp3) is 0.462. The Kier molecular flexibility index (Phi) is 5.97. The molecule has 0 heterocycles. The number of methoxy groups -OCH3 is 1. The second kappa shape index (κ2) is 7.25. The molecule has 6 nitrogen and oxygen atoms in total. The van der Waals surface area contributed by atoms with Gasteiger partial charge in [-0.2, -0.15) is 0 Å². The molecule has 0 fully saturated rings. The van der Waals surface area contributed by atoms with Crippen molar-refractivity contribution in [2.75, 3.05) is 12.4 Å². The molecule has 1 amide bonds. The molecule has 0 aliphatic rings. The largest absolute Gasteiger partial charge is 0.495 e. The highest BCUT2D eigenvalue weighted by molar-refractivity contribution is 7.89. The second-order valence-electron chi connectivity index (χ2n) is 4.41. The summed E-state index contributed by atoms with van der Waals surface area (Å²) in [5, 5.41) is 7.71. The summed E-state index contributed by atoms with van der Waals surface area (Å²) in [6, 6.07) is 4.09. The number of nitrogens with two attached hydrogens (primary N) is 1. The zero-order valence-electron chi connectivity index (χ0n) is 11.7. The van der Waals surface area contributed by atoms with Gasteiger partial charge in [0.1, 0.15) is 5.75 Å². The van der Waals surface area contributed by atoms with E-state index in [-0.39, 0.29) is 10.8 Å². The molecule has 0 aliphatic heterocycles. The van der Waals surface area contributed by atoms with E-state index < -0.39 is 10.0 Å². The standard InChI is InChI=1S/C13H20N2O4S/c1-3-4-5-6-13(16)15-11-9-10(20(14,17)18)7-8-12(11)19-2/h7-9H,3-6H2,1-2H3,(H,15,16)(H2,14,17,18). The lowest BCUT2D eigenvalue weighted by molar-refractivity contribution is -0.116. The van der Waals surface area contributed by atoms with Crippen molar-refractivity contribution in [1.29, 1.82) is 0 Å². The Labute approximate surface area is 119 Å². The SMILES string of the molecule is CCCCCC(=O)Nc1cc(S(N)(=O)=O)ccc1OC. The number of amides is 1. The van der Waals surface area contributed by atoms with Gasteiger partial charge in [-0.05, 0) is 24.6 Å². The number of hydrogen-bond acceptors (Lipinski definition) is 4. The molecule has 1 aromatic rings. The number of hydrogen-bond donors (Lipinski definition) is 2. The molecule has 0 radical (unpaired) electrons. The van der Waals surface area contributed by atoms with Gasteiger partial charge >= 0.3 is 0 Å². The van der Waals surface area contributed by atoms with E-state index in [1.54, 1.807) is 0 Å². The van der Waals surface area contributed by atoms with E-state index in [4.69, 9.17) is 9.88 Å². The van der Waals surface area contributed by atoms with Crippen LogP contribution in [0.3, 0.4) is 0 Å². The Morgan fingerprint density at radius 2 is 2.05 bits per heavy atom. The molecule has 0 spiro atoms. The molecular weight excluding hydrogens is 280 g/mol. The number of sulfonamides is 1. The monoisotopic (exact) mass is 300 g/mol. The van der Waals surface area contributed by atoms with Gasteiger partial charge in [-0.15, -0.1) is 0 Å². The summed E-state index contributed by atoms with van der Waals surface area (Å²) in [6.45, 7) is 2.05. The van der Waals surface area contributed by atoms with E-state index in [2.05, 4.69) is 12.2 Å². The van der Waals surface area contributed by atoms with Gasteiger partial charge in [0.15, 0.2) is 0 Å². The number of rotatable bonds is 7. The van der Waals surface area contributed by atoms with E-state index in [9.17, 15) is 13.2 Å². The number of benzene rings is 1. The predicted octanol–water partition coefficient (Wildman–Crippen LogP) is 1.86. The van der Waals surface area contributed by atoms with Crippen molar-refractivity contribution < 1.29 is 17.9 Å². The van der Waals surface area contributed by atoms with Crippen LogP contribution < -0.4 is 15.2 Å². The minimum Gasteiger partial charge on any atom is -0.495 e. The summed E-state index contributed by atoms with van der Waals surface area (Å²) in [4.78, 5) is 11.7. The lowest BCUT2D eigenvalue weighted by Crippen LogP contribution is -2.15. The Morgan fingerprint density at radius 3 is 2.60 bits per heavy atom. The quantitative estimate of drug-likeness (QED) is 0.751. The minimum absolute atomic E-state index is 0.0674. The number of anilines is 1. The average molecular weight is 300 g/mol. The molecule has 3 N–H and O–H groups in total. The third kappa shape index (κ3) is 4.82. The van der Waals surface area contributed by atoms with Gasteiger partial charge in [0.05, 0.1) is 17.7 Å². The van der Waals surface area contributed by atoms with Gasteiger partial charge in [0, 0.05) is 6.42 Å². The molecule has 20 heavy (non-hydrogen) atoms. The molecular formula is C13H20N2O4S. The molecule has 0 saturated carbocycles. The highest BCUT2D eigenvalue weighted by Gasteiger charge is 2.13. The zero-order chi connectivity index (χ0) is 15.2. The number of carbonyl (C=O) groups is 1. The van der Waals surface area contributed by atoms with E-state index in [1.165, 1.54) is 25.3 Å². The van der Waals surface area contributed by atoms with Crippen molar-refractivity contribution in [1.82, 2.24) is 0 Å². The molecule has 1 rings (SSSR count). The maximum Gasteiger partial charge on any atom is 0.238 e. The Balaban J connectivity index is 2.89. The van der Waals surface area contributed by atoms with Crippen LogP contribution in [0.5, 0.6) is 5.75 Å². The van der Waals surface area contributed by atoms with Crippen LogP contribution in [0.2, 0.25) is 0 Å². The average Bonchev–Trinajstić information content (AvgIpc) is 2.38. The van der Waals surface area contributed by atoms with Crippen LogP contribution in [0.1, 0.15) is 32.6 Å². The van der Waals surface area contributed by atoms with Crippen molar-refractivity contribution in [2.45, 2.75) is 37.5 Å². The molecule has 1 aromatic carbocycles. The van der Waals surface area contributed by atoms with Crippen LogP contribution in [0.15, 0.2) is 23.1 Å². The number of unbranched alkanes of at least 4 members (excludes halogenated alkanes) is 2. The first-order valence-electron chi connectivity index (χ1n) is 6.39. The van der Waals surface area contributed by atoms with Crippen molar-refractivity contribution in [2.24, 2.45) is 5.14 Å². The summed E-state index contributed by atoms with van der Waals surface area (Å²) in [5.74, 6) is 0.213. The summed E-state index contributed by atoms with van der Waals surface area (Å²) < 4.78 is 27.7. The second-order valence-corrected chi connectivity index (χ2v) is 5.97. The summed E-state index contributed by atoms with van der Waals surface area (Å²) >= 11 is 0. The number of carbonyl (C=O) groups excluding carboxylic acids is 1. The highest BCUT2D eigenvalue weighted by atomic mass is 32.2. The molecule has 112 valence electrons. The van der Waals surface area contributed by atoms with Crippen molar-refractivity contribution in [3.05, 3.63) is 18.2 Å². The molecule has 7 heteroatoms. The van der Waals surface area contributed by atoms with E-state index in [0.717, 1.165) is 19.3 Å². The van der Waals surface area contributed by atoms with Crippen LogP contribution in [-0.4, -0.2) is 21.4 Å². The lowest BCUT2D eigenvalue weighted by Gasteiger charge is -2.11. The van der Waals surface area contributed by atoms with Gasteiger partial charge in [0.2, 0.25) is 15.9 Å². The molecule has 0 aliphatic carbocycles.